The fourth-order valence-corrected chi connectivity index (χ4v) is 6.58. The molecular weight excluding hydrogens is 618 g/mol. The normalized spacial score (nSPS) is 17.2. The van der Waals surface area contributed by atoms with Crippen molar-refractivity contribution in [1.29, 1.82) is 0 Å². The van der Waals surface area contributed by atoms with Gasteiger partial charge in [-0.3, -0.25) is 9.13 Å². The molecule has 246 valence electrons. The molecule has 1 atom stereocenters. The summed E-state index contributed by atoms with van der Waals surface area (Å²) in [4.78, 5) is 29.4. The SMILES string of the molecule is Cc1cc(-n2nc3c(c2-n2ccn(-c4ccc5c(cnn5C(F)F)c4F)c2=O)[C@H](C)N(C(=O)OC(C)(C)C)CC32CC2)cc(C)c1F. The van der Waals surface area contributed by atoms with E-state index >= 15 is 4.39 Å². The van der Waals surface area contributed by atoms with Crippen molar-refractivity contribution in [3.05, 3.63) is 87.4 Å². The van der Waals surface area contributed by atoms with Gasteiger partial charge in [0.2, 0.25) is 0 Å². The number of carbonyl (C=O) groups is 1. The Morgan fingerprint density at radius 3 is 2.32 bits per heavy atom. The van der Waals surface area contributed by atoms with Crippen LogP contribution in [0.2, 0.25) is 0 Å². The summed E-state index contributed by atoms with van der Waals surface area (Å²) in [6.45, 7) is 7.90. The minimum absolute atomic E-state index is 0.117. The smallest absolute Gasteiger partial charge is 0.410 e. The van der Waals surface area contributed by atoms with E-state index in [1.165, 1.54) is 29.1 Å². The number of halogens is 4. The minimum Gasteiger partial charge on any atom is -0.444 e. The van der Waals surface area contributed by atoms with Crippen LogP contribution < -0.4 is 5.69 Å². The third kappa shape index (κ3) is 4.75. The predicted molar refractivity (Wildman–Crippen MR) is 165 cm³/mol. The van der Waals surface area contributed by atoms with E-state index in [0.717, 1.165) is 29.3 Å². The van der Waals surface area contributed by atoms with Crippen molar-refractivity contribution in [2.45, 2.75) is 78.0 Å². The molecule has 5 aromatic rings. The number of amides is 1. The van der Waals surface area contributed by atoms with Crippen LogP contribution in [0.25, 0.3) is 28.1 Å². The lowest BCUT2D eigenvalue weighted by Gasteiger charge is -2.38. The van der Waals surface area contributed by atoms with Gasteiger partial charge in [0.25, 0.3) is 0 Å². The van der Waals surface area contributed by atoms with E-state index in [0.29, 0.717) is 39.4 Å². The van der Waals surface area contributed by atoms with E-state index in [2.05, 4.69) is 5.10 Å². The number of imidazole rings is 1. The molecule has 14 heteroatoms. The Labute approximate surface area is 266 Å². The Balaban J connectivity index is 1.45. The molecule has 1 spiro atoms. The van der Waals surface area contributed by atoms with Gasteiger partial charge in [-0.05, 0) is 89.8 Å². The molecule has 0 unspecified atom stereocenters. The number of ether oxygens (including phenoxy) is 1. The highest BCUT2D eigenvalue weighted by Crippen LogP contribution is 2.55. The highest BCUT2D eigenvalue weighted by Gasteiger charge is 2.56. The number of alkyl halides is 2. The third-order valence-electron chi connectivity index (χ3n) is 9.05. The van der Waals surface area contributed by atoms with E-state index in [4.69, 9.17) is 9.84 Å². The molecule has 7 rings (SSSR count). The van der Waals surface area contributed by atoms with Crippen LogP contribution in [0.4, 0.5) is 22.4 Å². The van der Waals surface area contributed by atoms with Crippen molar-refractivity contribution in [2.75, 3.05) is 6.54 Å². The van der Waals surface area contributed by atoms with Gasteiger partial charge >= 0.3 is 18.3 Å². The van der Waals surface area contributed by atoms with E-state index < -0.39 is 41.2 Å². The molecule has 0 N–H and O–H groups in total. The van der Waals surface area contributed by atoms with Gasteiger partial charge < -0.3 is 9.64 Å². The summed E-state index contributed by atoms with van der Waals surface area (Å²) < 4.78 is 67.5. The first-order chi connectivity index (χ1) is 22.1. The average molecular weight is 652 g/mol. The monoisotopic (exact) mass is 651 g/mol. The number of aromatic nitrogens is 6. The summed E-state index contributed by atoms with van der Waals surface area (Å²) in [5.41, 5.74) is 0.465. The molecule has 1 saturated carbocycles. The number of rotatable bonds is 4. The average Bonchev–Trinajstić information content (AvgIpc) is 3.29. The molecule has 10 nitrogen and oxygen atoms in total. The number of nitrogens with zero attached hydrogens (tertiary/aromatic N) is 7. The standard InChI is InChI=1S/C33H33F4N7O3/c1-17-13-20(14-18(2)25(17)34)43-28(24-19(3)42(31(46)47-32(4,5)6)16-33(9-10-33)27(24)39-43)41-12-11-40(30(41)45)23-8-7-22-21(26(23)35)15-38-44(22)29(36)37/h7-8,11-15,19,29H,9-10,16H2,1-6H3/t19-/m0/s1. The lowest BCUT2D eigenvalue weighted by Crippen LogP contribution is -2.46. The number of carbonyl (C=O) groups excluding carboxylic acids is 1. The van der Waals surface area contributed by atoms with E-state index in [-0.39, 0.29) is 22.4 Å². The summed E-state index contributed by atoms with van der Waals surface area (Å²) in [6, 6.07) is 5.22. The zero-order chi connectivity index (χ0) is 33.7. The van der Waals surface area contributed by atoms with Crippen molar-refractivity contribution in [1.82, 2.24) is 33.6 Å². The van der Waals surface area contributed by atoms with Crippen LogP contribution in [-0.4, -0.2) is 51.8 Å². The Bertz CT molecular complexity index is 2130. The quantitative estimate of drug-likeness (QED) is 0.200. The largest absolute Gasteiger partial charge is 0.444 e. The van der Waals surface area contributed by atoms with Gasteiger partial charge in [0.05, 0.1) is 40.2 Å². The van der Waals surface area contributed by atoms with Crippen LogP contribution in [-0.2, 0) is 10.2 Å². The predicted octanol–water partition coefficient (Wildman–Crippen LogP) is 6.80. The molecule has 1 aliphatic carbocycles. The Hall–Kier alpha value is -4.88. The van der Waals surface area contributed by atoms with E-state index in [1.807, 2.05) is 6.92 Å². The molecule has 1 aliphatic heterocycles. The van der Waals surface area contributed by atoms with Gasteiger partial charge in [-0.25, -0.2) is 27.7 Å². The van der Waals surface area contributed by atoms with E-state index in [9.17, 15) is 22.8 Å². The lowest BCUT2D eigenvalue weighted by molar-refractivity contribution is 0.0126. The summed E-state index contributed by atoms with van der Waals surface area (Å²) in [5.74, 6) is -0.941. The van der Waals surface area contributed by atoms with Gasteiger partial charge in [-0.2, -0.15) is 19.0 Å². The number of benzene rings is 2. The second kappa shape index (κ2) is 10.3. The van der Waals surface area contributed by atoms with Crippen molar-refractivity contribution in [2.24, 2.45) is 0 Å². The summed E-state index contributed by atoms with van der Waals surface area (Å²) in [5, 5.41) is 8.46. The summed E-state index contributed by atoms with van der Waals surface area (Å²) in [7, 11) is 0. The highest BCUT2D eigenvalue weighted by molar-refractivity contribution is 5.82. The van der Waals surface area contributed by atoms with Crippen LogP contribution in [0.1, 0.15) is 75.5 Å². The topological polar surface area (TPSA) is 92.1 Å². The maximum absolute atomic E-state index is 15.8. The number of aryl methyl sites for hydroxylation is 2. The van der Waals surface area contributed by atoms with Crippen molar-refractivity contribution in [3.8, 4) is 17.2 Å². The molecular formula is C33H33F4N7O3. The molecule has 1 amide bonds. The molecule has 3 aromatic heterocycles. The fraction of sp³-hybridized carbons (Fsp3) is 0.394. The molecule has 2 aliphatic rings. The van der Waals surface area contributed by atoms with Gasteiger partial charge in [0, 0.05) is 29.9 Å². The first-order valence-electron chi connectivity index (χ1n) is 15.3. The van der Waals surface area contributed by atoms with Crippen molar-refractivity contribution >= 4 is 17.0 Å². The Morgan fingerprint density at radius 1 is 1.04 bits per heavy atom. The number of hydrogen-bond acceptors (Lipinski definition) is 5. The molecule has 0 bridgehead atoms. The van der Waals surface area contributed by atoms with Crippen LogP contribution in [0.3, 0.4) is 0 Å². The van der Waals surface area contributed by atoms with Crippen LogP contribution in [0.15, 0.2) is 47.7 Å². The zero-order valence-electron chi connectivity index (χ0n) is 26.7. The van der Waals surface area contributed by atoms with E-state index in [1.54, 1.807) is 56.3 Å². The van der Waals surface area contributed by atoms with Gasteiger partial charge in [-0.15, -0.1) is 0 Å². The maximum Gasteiger partial charge on any atom is 0.410 e. The first-order valence-corrected chi connectivity index (χ1v) is 15.3. The molecule has 4 heterocycles. The number of hydrogen-bond donors (Lipinski definition) is 0. The molecule has 1 fully saturated rings. The minimum atomic E-state index is -2.97. The molecule has 0 saturated heterocycles. The summed E-state index contributed by atoms with van der Waals surface area (Å²) in [6.07, 6.45) is 4.86. The third-order valence-corrected chi connectivity index (χ3v) is 9.05. The van der Waals surface area contributed by atoms with Crippen LogP contribution >= 0.6 is 0 Å². The summed E-state index contributed by atoms with van der Waals surface area (Å²) >= 11 is 0. The molecule has 47 heavy (non-hydrogen) atoms. The van der Waals surface area contributed by atoms with Crippen LogP contribution in [0.5, 0.6) is 0 Å². The second-order valence-electron chi connectivity index (χ2n) is 13.5. The first kappa shape index (κ1) is 30.8. The van der Waals surface area contributed by atoms with Gasteiger partial charge in [-0.1, -0.05) is 0 Å². The highest BCUT2D eigenvalue weighted by atomic mass is 19.3. The zero-order valence-corrected chi connectivity index (χ0v) is 26.7. The Kier molecular flexibility index (Phi) is 6.75. The van der Waals surface area contributed by atoms with Gasteiger partial charge in [0.15, 0.2) is 5.82 Å². The lowest BCUT2D eigenvalue weighted by atomic mass is 9.88. The van der Waals surface area contributed by atoms with Gasteiger partial charge in [0.1, 0.15) is 17.2 Å². The Morgan fingerprint density at radius 2 is 1.70 bits per heavy atom. The molecule has 2 aromatic carbocycles. The maximum atomic E-state index is 15.8. The van der Waals surface area contributed by atoms with Crippen LogP contribution in [0, 0.1) is 25.5 Å². The fourth-order valence-electron chi connectivity index (χ4n) is 6.58. The molecule has 0 radical (unpaired) electrons. The van der Waals surface area contributed by atoms with Crippen molar-refractivity contribution in [3.63, 3.8) is 0 Å². The van der Waals surface area contributed by atoms with Crippen molar-refractivity contribution < 1.29 is 27.1 Å². The second-order valence-corrected chi connectivity index (χ2v) is 13.5. The number of fused-ring (bicyclic) bond motifs is 3.